The standard InChI is InChI=1S/C22H30F4N4O4/c1-3-27-19(32)29-11-16(9-21(2,12-29)13-31)30(15-5-6-15)20(33)28-10-14-4-7-17(8-18(14)23)34-22(24,25)26/h4,7-8,15-16,31H,3,5-6,9-13H2,1-2H3,(H,27,32)(H,28,33)/t16?,21-/m0/s1. The number of piperidine rings is 1. The number of aliphatic hydroxyl groups excluding tert-OH is 1. The van der Waals surface area contributed by atoms with E-state index in [9.17, 15) is 32.3 Å². The van der Waals surface area contributed by atoms with Crippen LogP contribution in [0.25, 0.3) is 0 Å². The van der Waals surface area contributed by atoms with Crippen molar-refractivity contribution in [3.8, 4) is 5.75 Å². The van der Waals surface area contributed by atoms with Crippen molar-refractivity contribution in [1.82, 2.24) is 20.4 Å². The lowest BCUT2D eigenvalue weighted by Gasteiger charge is -2.47. The number of likely N-dealkylation sites (tertiary alicyclic amines) is 1. The van der Waals surface area contributed by atoms with Gasteiger partial charge in [-0.1, -0.05) is 13.0 Å². The first-order valence-electron chi connectivity index (χ1n) is 11.2. The van der Waals surface area contributed by atoms with Crippen LogP contribution >= 0.6 is 0 Å². The predicted octanol–water partition coefficient (Wildman–Crippen LogP) is 3.20. The van der Waals surface area contributed by atoms with Crippen molar-refractivity contribution in [3.05, 3.63) is 29.6 Å². The number of nitrogens with one attached hydrogen (secondary N) is 2. The van der Waals surface area contributed by atoms with Gasteiger partial charge in [0.1, 0.15) is 11.6 Å². The molecule has 1 saturated carbocycles. The van der Waals surface area contributed by atoms with Gasteiger partial charge in [-0.3, -0.25) is 0 Å². The molecule has 8 nitrogen and oxygen atoms in total. The van der Waals surface area contributed by atoms with E-state index in [1.807, 2.05) is 6.92 Å². The van der Waals surface area contributed by atoms with E-state index in [0.717, 1.165) is 25.0 Å². The van der Waals surface area contributed by atoms with Gasteiger partial charge in [-0.05, 0) is 32.3 Å². The minimum absolute atomic E-state index is 0.00594. The van der Waals surface area contributed by atoms with Gasteiger partial charge in [-0.2, -0.15) is 0 Å². The van der Waals surface area contributed by atoms with E-state index in [4.69, 9.17) is 0 Å². The average molecular weight is 490 g/mol. The van der Waals surface area contributed by atoms with Crippen LogP contribution in [0.5, 0.6) is 5.75 Å². The second kappa shape index (κ2) is 10.2. The second-order valence-electron chi connectivity index (χ2n) is 9.14. The van der Waals surface area contributed by atoms with Crippen LogP contribution in [-0.4, -0.2) is 71.7 Å². The summed E-state index contributed by atoms with van der Waals surface area (Å²) < 4.78 is 54.9. The lowest BCUT2D eigenvalue weighted by molar-refractivity contribution is -0.274. The number of nitrogens with zero attached hydrogens (tertiary/aromatic N) is 2. The summed E-state index contributed by atoms with van der Waals surface area (Å²) in [7, 11) is 0. The second-order valence-corrected chi connectivity index (χ2v) is 9.14. The first-order valence-corrected chi connectivity index (χ1v) is 11.2. The summed E-state index contributed by atoms with van der Waals surface area (Å²) in [6, 6.07) is 1.61. The molecule has 12 heteroatoms. The Morgan fingerprint density at radius 3 is 2.53 bits per heavy atom. The maximum absolute atomic E-state index is 14.3. The number of ether oxygens (including phenoxy) is 1. The molecule has 1 heterocycles. The fraction of sp³-hybridized carbons (Fsp3) is 0.636. The Morgan fingerprint density at radius 2 is 1.97 bits per heavy atom. The number of benzene rings is 1. The van der Waals surface area contributed by atoms with Crippen molar-refractivity contribution < 1.29 is 37.0 Å². The number of carbonyl (C=O) groups excluding carboxylic acids is 2. The van der Waals surface area contributed by atoms with Crippen LogP contribution in [0.15, 0.2) is 18.2 Å². The molecule has 0 radical (unpaired) electrons. The fourth-order valence-corrected chi connectivity index (χ4v) is 4.31. The molecule has 2 atom stereocenters. The van der Waals surface area contributed by atoms with Gasteiger partial charge in [0.2, 0.25) is 0 Å². The first kappa shape index (κ1) is 25.9. The van der Waals surface area contributed by atoms with Crippen LogP contribution in [0.4, 0.5) is 27.2 Å². The molecule has 1 unspecified atom stereocenters. The molecule has 0 spiro atoms. The van der Waals surface area contributed by atoms with Crippen LogP contribution in [0.2, 0.25) is 0 Å². The molecule has 190 valence electrons. The van der Waals surface area contributed by atoms with E-state index in [2.05, 4.69) is 15.4 Å². The highest BCUT2D eigenvalue weighted by Gasteiger charge is 2.45. The van der Waals surface area contributed by atoms with E-state index >= 15 is 0 Å². The molecule has 0 bridgehead atoms. The average Bonchev–Trinajstić information content (AvgIpc) is 3.57. The number of halogens is 4. The van der Waals surface area contributed by atoms with E-state index in [-0.39, 0.29) is 36.8 Å². The molecule has 1 aromatic carbocycles. The Hall–Kier alpha value is -2.76. The van der Waals surface area contributed by atoms with Gasteiger partial charge in [0.25, 0.3) is 0 Å². The van der Waals surface area contributed by atoms with Gasteiger partial charge in [-0.25, -0.2) is 14.0 Å². The normalized spacial score (nSPS) is 22.8. The summed E-state index contributed by atoms with van der Waals surface area (Å²) in [6.45, 7) is 4.36. The molecule has 34 heavy (non-hydrogen) atoms. The Morgan fingerprint density at radius 1 is 1.26 bits per heavy atom. The Bertz CT molecular complexity index is 896. The van der Waals surface area contributed by atoms with Crippen LogP contribution in [0.3, 0.4) is 0 Å². The summed E-state index contributed by atoms with van der Waals surface area (Å²) in [5.41, 5.74) is -0.589. The number of rotatable bonds is 7. The van der Waals surface area contributed by atoms with E-state index < -0.39 is 29.4 Å². The zero-order valence-electron chi connectivity index (χ0n) is 19.1. The SMILES string of the molecule is CCNC(=O)N1CC(N(C(=O)NCc2ccc(OC(F)(F)F)cc2F)C2CC2)C[C@](C)(CO)C1. The van der Waals surface area contributed by atoms with Crippen molar-refractivity contribution in [2.75, 3.05) is 26.2 Å². The molecule has 1 aliphatic carbocycles. The number of hydrogen-bond donors (Lipinski definition) is 3. The lowest BCUT2D eigenvalue weighted by atomic mass is 9.80. The number of hydrogen-bond acceptors (Lipinski definition) is 4. The van der Waals surface area contributed by atoms with Crippen LogP contribution in [-0.2, 0) is 6.54 Å². The van der Waals surface area contributed by atoms with E-state index in [1.54, 1.807) is 16.7 Å². The summed E-state index contributed by atoms with van der Waals surface area (Å²) in [5.74, 6) is -1.62. The Kier molecular flexibility index (Phi) is 7.79. The number of urea groups is 2. The topological polar surface area (TPSA) is 94.1 Å². The van der Waals surface area contributed by atoms with Crippen molar-refractivity contribution in [3.63, 3.8) is 0 Å². The quantitative estimate of drug-likeness (QED) is 0.512. The molecule has 3 rings (SSSR count). The highest BCUT2D eigenvalue weighted by molar-refractivity contribution is 5.76. The largest absolute Gasteiger partial charge is 0.573 e. The maximum Gasteiger partial charge on any atom is 0.573 e. The molecule has 1 aromatic rings. The molecule has 0 aromatic heterocycles. The van der Waals surface area contributed by atoms with Gasteiger partial charge in [-0.15, -0.1) is 13.2 Å². The van der Waals surface area contributed by atoms with Gasteiger partial charge < -0.3 is 30.3 Å². The van der Waals surface area contributed by atoms with Gasteiger partial charge >= 0.3 is 18.4 Å². The molecule has 1 saturated heterocycles. The molecular formula is C22H30F4N4O4. The monoisotopic (exact) mass is 490 g/mol. The first-order chi connectivity index (χ1) is 15.9. The predicted molar refractivity (Wildman–Crippen MR) is 114 cm³/mol. The zero-order valence-corrected chi connectivity index (χ0v) is 19.1. The highest BCUT2D eigenvalue weighted by Crippen LogP contribution is 2.37. The molecule has 3 N–H and O–H groups in total. The number of aliphatic hydroxyl groups is 1. The van der Waals surface area contributed by atoms with Crippen molar-refractivity contribution in [2.45, 2.75) is 58.1 Å². The summed E-state index contributed by atoms with van der Waals surface area (Å²) in [6.07, 6.45) is -2.86. The van der Waals surface area contributed by atoms with Gasteiger partial charge in [0.05, 0.1) is 12.6 Å². The lowest BCUT2D eigenvalue weighted by Crippen LogP contribution is -2.61. The van der Waals surface area contributed by atoms with Crippen LogP contribution < -0.4 is 15.4 Å². The zero-order chi connectivity index (χ0) is 25.1. The van der Waals surface area contributed by atoms with E-state index in [1.165, 1.54) is 0 Å². The number of amides is 4. The highest BCUT2D eigenvalue weighted by atomic mass is 19.4. The third-order valence-electron chi connectivity index (χ3n) is 5.99. The molecular weight excluding hydrogens is 460 g/mol. The Labute approximate surface area is 195 Å². The minimum atomic E-state index is -4.93. The van der Waals surface area contributed by atoms with Crippen LogP contribution in [0.1, 0.15) is 38.7 Å². The smallest absolute Gasteiger partial charge is 0.406 e. The molecule has 4 amide bonds. The Balaban J connectivity index is 1.70. The summed E-state index contributed by atoms with van der Waals surface area (Å²) in [5, 5.41) is 15.3. The minimum Gasteiger partial charge on any atom is -0.406 e. The molecule has 2 fully saturated rings. The number of carbonyl (C=O) groups is 2. The maximum atomic E-state index is 14.3. The summed E-state index contributed by atoms with van der Waals surface area (Å²) >= 11 is 0. The van der Waals surface area contributed by atoms with Crippen molar-refractivity contribution in [2.24, 2.45) is 5.41 Å². The third-order valence-corrected chi connectivity index (χ3v) is 5.99. The van der Waals surface area contributed by atoms with Crippen molar-refractivity contribution >= 4 is 12.1 Å². The molecule has 1 aliphatic heterocycles. The third kappa shape index (κ3) is 6.64. The fourth-order valence-electron chi connectivity index (χ4n) is 4.31. The molecule has 2 aliphatic rings. The van der Waals surface area contributed by atoms with Crippen molar-refractivity contribution in [1.29, 1.82) is 0 Å². The van der Waals surface area contributed by atoms with E-state index in [0.29, 0.717) is 32.1 Å². The van der Waals surface area contributed by atoms with Gasteiger partial charge in [0, 0.05) is 49.3 Å². The van der Waals surface area contributed by atoms with Gasteiger partial charge in [0.15, 0.2) is 0 Å². The summed E-state index contributed by atoms with van der Waals surface area (Å²) in [4.78, 5) is 28.8. The number of alkyl halides is 3. The van der Waals surface area contributed by atoms with Crippen LogP contribution in [0, 0.1) is 11.2 Å².